The largest absolute Gasteiger partial charge is 0.376 e. The number of rotatable bonds is 4. The number of ether oxygens (including phenoxy) is 1. The minimum atomic E-state index is -0.00407. The van der Waals surface area contributed by atoms with Crippen LogP contribution in [0.5, 0.6) is 0 Å². The molecule has 1 amide bonds. The van der Waals surface area contributed by atoms with Crippen LogP contribution in [0.4, 0.5) is 0 Å². The maximum Gasteiger partial charge on any atom is 0.216 e. The fourth-order valence-corrected chi connectivity index (χ4v) is 3.06. The molecule has 1 heterocycles. The SMILES string of the molecule is CC(=O)NCCC1OCCNCC1c1ccc(I)c(Cl)c1. The van der Waals surface area contributed by atoms with Crippen LogP contribution in [-0.4, -0.2) is 38.3 Å². The molecule has 2 atom stereocenters. The quantitative estimate of drug-likeness (QED) is 0.733. The van der Waals surface area contributed by atoms with Gasteiger partial charge in [-0.05, 0) is 46.7 Å². The first-order chi connectivity index (χ1) is 10.1. The van der Waals surface area contributed by atoms with Crippen molar-refractivity contribution in [3.8, 4) is 0 Å². The van der Waals surface area contributed by atoms with Gasteiger partial charge in [0.15, 0.2) is 0 Å². The van der Waals surface area contributed by atoms with Gasteiger partial charge in [-0.25, -0.2) is 0 Å². The normalized spacial score (nSPS) is 22.6. The molecule has 0 bridgehead atoms. The molecule has 4 nitrogen and oxygen atoms in total. The summed E-state index contributed by atoms with van der Waals surface area (Å²) in [4.78, 5) is 11.0. The van der Waals surface area contributed by atoms with Crippen LogP contribution in [0.1, 0.15) is 24.8 Å². The lowest BCUT2D eigenvalue weighted by atomic mass is 9.91. The number of amides is 1. The number of nitrogens with one attached hydrogen (secondary N) is 2. The van der Waals surface area contributed by atoms with E-state index in [2.05, 4.69) is 39.3 Å². The summed E-state index contributed by atoms with van der Waals surface area (Å²) in [6.07, 6.45) is 0.887. The maximum atomic E-state index is 11.0. The summed E-state index contributed by atoms with van der Waals surface area (Å²) in [6, 6.07) is 6.17. The first kappa shape index (κ1) is 17.0. The van der Waals surface area contributed by atoms with Gasteiger partial charge in [0.25, 0.3) is 0 Å². The lowest BCUT2D eigenvalue weighted by Crippen LogP contribution is -2.31. The van der Waals surface area contributed by atoms with Gasteiger partial charge in [-0.1, -0.05) is 17.7 Å². The summed E-state index contributed by atoms with van der Waals surface area (Å²) in [7, 11) is 0. The highest BCUT2D eigenvalue weighted by molar-refractivity contribution is 14.1. The van der Waals surface area contributed by atoms with Crippen LogP contribution in [0.2, 0.25) is 5.02 Å². The van der Waals surface area contributed by atoms with E-state index in [-0.39, 0.29) is 17.9 Å². The van der Waals surface area contributed by atoms with Crippen LogP contribution in [0.25, 0.3) is 0 Å². The minimum absolute atomic E-state index is 0.00407. The predicted molar refractivity (Wildman–Crippen MR) is 92.8 cm³/mol. The van der Waals surface area contributed by atoms with Crippen LogP contribution in [0, 0.1) is 3.57 Å². The summed E-state index contributed by atoms with van der Waals surface area (Å²) >= 11 is 8.47. The lowest BCUT2D eigenvalue weighted by molar-refractivity contribution is -0.119. The van der Waals surface area contributed by atoms with E-state index in [9.17, 15) is 4.79 Å². The number of carbonyl (C=O) groups excluding carboxylic acids is 1. The van der Waals surface area contributed by atoms with E-state index in [0.29, 0.717) is 13.2 Å². The van der Waals surface area contributed by atoms with Crippen molar-refractivity contribution in [2.24, 2.45) is 0 Å². The van der Waals surface area contributed by atoms with Crippen molar-refractivity contribution in [2.45, 2.75) is 25.4 Å². The van der Waals surface area contributed by atoms with Crippen LogP contribution in [-0.2, 0) is 9.53 Å². The molecule has 1 saturated heterocycles. The molecule has 2 unspecified atom stereocenters. The molecule has 0 saturated carbocycles. The monoisotopic (exact) mass is 422 g/mol. The van der Waals surface area contributed by atoms with E-state index in [0.717, 1.165) is 28.1 Å². The fraction of sp³-hybridized carbons (Fsp3) is 0.533. The third-order valence-electron chi connectivity index (χ3n) is 3.60. The highest BCUT2D eigenvalue weighted by Gasteiger charge is 2.26. The Morgan fingerprint density at radius 1 is 1.57 bits per heavy atom. The second-order valence-electron chi connectivity index (χ2n) is 5.17. The Kier molecular flexibility index (Phi) is 6.73. The first-order valence-corrected chi connectivity index (χ1v) is 8.55. The second-order valence-corrected chi connectivity index (χ2v) is 6.73. The Morgan fingerprint density at radius 2 is 2.38 bits per heavy atom. The number of carbonyl (C=O) groups is 1. The van der Waals surface area contributed by atoms with Gasteiger partial charge in [-0.2, -0.15) is 0 Å². The smallest absolute Gasteiger partial charge is 0.216 e. The van der Waals surface area contributed by atoms with Gasteiger partial charge in [-0.15, -0.1) is 0 Å². The molecule has 0 radical (unpaired) electrons. The molecule has 1 aromatic carbocycles. The van der Waals surface area contributed by atoms with E-state index in [1.165, 1.54) is 12.5 Å². The molecule has 2 N–H and O–H groups in total. The molecule has 21 heavy (non-hydrogen) atoms. The summed E-state index contributed by atoms with van der Waals surface area (Å²) < 4.78 is 7.01. The molecule has 1 fully saturated rings. The van der Waals surface area contributed by atoms with Crippen LogP contribution < -0.4 is 10.6 Å². The molecule has 0 spiro atoms. The Bertz CT molecular complexity index is 499. The first-order valence-electron chi connectivity index (χ1n) is 7.09. The van der Waals surface area contributed by atoms with E-state index in [1.54, 1.807) is 0 Å². The van der Waals surface area contributed by atoms with E-state index in [4.69, 9.17) is 16.3 Å². The summed E-state index contributed by atoms with van der Waals surface area (Å²) in [5, 5.41) is 7.02. The van der Waals surface area contributed by atoms with E-state index in [1.807, 2.05) is 12.1 Å². The highest BCUT2D eigenvalue weighted by Crippen LogP contribution is 2.29. The number of hydrogen-bond donors (Lipinski definition) is 2. The topological polar surface area (TPSA) is 50.4 Å². The average molecular weight is 423 g/mol. The molecule has 0 aliphatic carbocycles. The third kappa shape index (κ3) is 5.09. The zero-order valence-corrected chi connectivity index (χ0v) is 14.9. The highest BCUT2D eigenvalue weighted by atomic mass is 127. The summed E-state index contributed by atoms with van der Waals surface area (Å²) in [6.45, 7) is 4.58. The van der Waals surface area contributed by atoms with Gasteiger partial charge in [0.05, 0.1) is 17.7 Å². The zero-order chi connectivity index (χ0) is 15.2. The number of halogens is 2. The fourth-order valence-electron chi connectivity index (χ4n) is 2.54. The van der Waals surface area contributed by atoms with Gasteiger partial charge in [-0.3, -0.25) is 4.79 Å². The van der Waals surface area contributed by atoms with Crippen molar-refractivity contribution >= 4 is 40.1 Å². The minimum Gasteiger partial charge on any atom is -0.376 e. The van der Waals surface area contributed by atoms with Crippen molar-refractivity contribution < 1.29 is 9.53 Å². The predicted octanol–water partition coefficient (Wildman–Crippen LogP) is 2.54. The van der Waals surface area contributed by atoms with Gasteiger partial charge in [0.1, 0.15) is 0 Å². The molecule has 1 aromatic rings. The van der Waals surface area contributed by atoms with E-state index >= 15 is 0 Å². The summed E-state index contributed by atoms with van der Waals surface area (Å²) in [5.41, 5.74) is 1.18. The maximum absolute atomic E-state index is 11.0. The molecule has 0 aromatic heterocycles. The van der Waals surface area contributed by atoms with Crippen molar-refractivity contribution in [2.75, 3.05) is 26.2 Å². The average Bonchev–Trinajstić information content (AvgIpc) is 2.67. The molecule has 2 rings (SSSR count). The zero-order valence-electron chi connectivity index (χ0n) is 12.0. The van der Waals surface area contributed by atoms with Crippen LogP contribution in [0.15, 0.2) is 18.2 Å². The van der Waals surface area contributed by atoms with Crippen molar-refractivity contribution in [3.05, 3.63) is 32.4 Å². The molecule has 1 aliphatic heterocycles. The molecular formula is C15H20ClIN2O2. The van der Waals surface area contributed by atoms with Gasteiger partial charge >= 0.3 is 0 Å². The van der Waals surface area contributed by atoms with Crippen molar-refractivity contribution in [1.29, 1.82) is 0 Å². The van der Waals surface area contributed by atoms with Gasteiger partial charge in [0.2, 0.25) is 5.91 Å². The van der Waals surface area contributed by atoms with Crippen molar-refractivity contribution in [3.63, 3.8) is 0 Å². The van der Waals surface area contributed by atoms with Gasteiger partial charge in [0, 0.05) is 36.0 Å². The molecule has 1 aliphatic rings. The van der Waals surface area contributed by atoms with Crippen LogP contribution in [0.3, 0.4) is 0 Å². The Morgan fingerprint density at radius 3 is 3.10 bits per heavy atom. The van der Waals surface area contributed by atoms with Crippen molar-refractivity contribution in [1.82, 2.24) is 10.6 Å². The lowest BCUT2D eigenvalue weighted by Gasteiger charge is -2.25. The second kappa shape index (κ2) is 8.31. The van der Waals surface area contributed by atoms with Gasteiger partial charge < -0.3 is 15.4 Å². The molecular weight excluding hydrogens is 403 g/mol. The summed E-state index contributed by atoms with van der Waals surface area (Å²) in [5.74, 6) is 0.242. The number of benzene rings is 1. The standard InChI is InChI=1S/C15H20ClIN2O2/c1-10(20)19-5-4-15-12(9-18-6-7-21-15)11-2-3-14(17)13(16)8-11/h2-3,8,12,15,18H,4-7,9H2,1H3,(H,19,20). The van der Waals surface area contributed by atoms with E-state index < -0.39 is 0 Å². The Hall–Kier alpha value is -0.370. The number of hydrogen-bond acceptors (Lipinski definition) is 3. The Balaban J connectivity index is 2.10. The van der Waals surface area contributed by atoms with Crippen LogP contribution >= 0.6 is 34.2 Å². The molecule has 116 valence electrons. The molecule has 6 heteroatoms. The third-order valence-corrected chi connectivity index (χ3v) is 5.17. The Labute approximate surface area is 144 Å².